The Balaban J connectivity index is 1.80. The summed E-state index contributed by atoms with van der Waals surface area (Å²) in [5.74, 6) is 0.693. The Morgan fingerprint density at radius 1 is 0.826 bits per heavy atom. The van der Waals surface area contributed by atoms with Crippen LogP contribution >= 0.6 is 0 Å². The number of oxazole rings is 1. The molecular weight excluding hydrogens is 282 g/mol. The Kier molecular flexibility index (Phi) is 3.43. The van der Waals surface area contributed by atoms with E-state index in [1.54, 1.807) is 0 Å². The largest absolute Gasteiger partial charge is 0.436 e. The monoisotopic (exact) mass is 299 g/mol. The molecule has 4 aromatic rings. The molecule has 1 aromatic heterocycles. The molecule has 112 valence electrons. The molecule has 0 aliphatic carbocycles. The van der Waals surface area contributed by atoms with E-state index in [0.29, 0.717) is 5.89 Å². The zero-order valence-electron chi connectivity index (χ0n) is 13.0. The van der Waals surface area contributed by atoms with Gasteiger partial charge in [-0.2, -0.15) is 0 Å². The first kappa shape index (κ1) is 13.8. The predicted molar refractivity (Wildman–Crippen MR) is 93.4 cm³/mol. The van der Waals surface area contributed by atoms with E-state index in [2.05, 4.69) is 54.4 Å². The lowest BCUT2D eigenvalue weighted by atomic mass is 10.0. The summed E-state index contributed by atoms with van der Waals surface area (Å²) in [7, 11) is 0. The van der Waals surface area contributed by atoms with Crippen LogP contribution in [0.4, 0.5) is 0 Å². The van der Waals surface area contributed by atoms with Crippen molar-refractivity contribution < 1.29 is 4.42 Å². The quantitative estimate of drug-likeness (QED) is 0.506. The summed E-state index contributed by atoms with van der Waals surface area (Å²) in [6.45, 7) is 2.08. The molecule has 0 atom stereocenters. The predicted octanol–water partition coefficient (Wildman–Crippen LogP) is 5.39. The highest BCUT2D eigenvalue weighted by Crippen LogP contribution is 2.29. The van der Waals surface area contributed by atoms with Crippen molar-refractivity contribution in [3.8, 4) is 11.5 Å². The smallest absolute Gasteiger partial charge is 0.227 e. The molecular formula is C21H17NO. The molecule has 1 heterocycles. The highest BCUT2D eigenvalue weighted by atomic mass is 16.3. The lowest BCUT2D eigenvalue weighted by Gasteiger charge is -2.02. The van der Waals surface area contributed by atoms with E-state index in [0.717, 1.165) is 23.1 Å². The summed E-state index contributed by atoms with van der Waals surface area (Å²) in [6.07, 6.45) is 0.848. The fourth-order valence-corrected chi connectivity index (χ4v) is 2.89. The average Bonchev–Trinajstić information content (AvgIpc) is 3.01. The van der Waals surface area contributed by atoms with Crippen LogP contribution in [-0.2, 0) is 6.42 Å². The first-order valence-corrected chi connectivity index (χ1v) is 7.79. The van der Waals surface area contributed by atoms with Crippen molar-refractivity contribution in [2.75, 3.05) is 0 Å². The highest BCUT2D eigenvalue weighted by molar-refractivity contribution is 5.80. The number of para-hydroxylation sites is 1. The van der Waals surface area contributed by atoms with Crippen molar-refractivity contribution >= 4 is 11.1 Å². The summed E-state index contributed by atoms with van der Waals surface area (Å²) >= 11 is 0. The molecule has 0 bridgehead atoms. The van der Waals surface area contributed by atoms with E-state index in [1.807, 2.05) is 30.3 Å². The van der Waals surface area contributed by atoms with Gasteiger partial charge in [0.1, 0.15) is 5.52 Å². The third-order valence-corrected chi connectivity index (χ3v) is 4.11. The fourth-order valence-electron chi connectivity index (χ4n) is 2.89. The molecule has 0 unspecified atom stereocenters. The summed E-state index contributed by atoms with van der Waals surface area (Å²) in [5.41, 5.74) is 6.46. The number of rotatable bonds is 3. The third kappa shape index (κ3) is 2.64. The SMILES string of the molecule is Cc1ccccc1-c1nc2cccc(Cc3ccccc3)c2o1. The van der Waals surface area contributed by atoms with Gasteiger partial charge in [-0.15, -0.1) is 0 Å². The number of hydrogen-bond donors (Lipinski definition) is 0. The molecule has 0 amide bonds. The molecule has 0 N–H and O–H groups in total. The standard InChI is InChI=1S/C21H17NO/c1-15-8-5-6-12-18(15)21-22-19-13-7-11-17(20(19)23-21)14-16-9-3-2-4-10-16/h2-13H,14H2,1H3. The van der Waals surface area contributed by atoms with Crippen LogP contribution in [0, 0.1) is 6.92 Å². The molecule has 0 fully saturated rings. The minimum atomic E-state index is 0.693. The maximum absolute atomic E-state index is 6.13. The molecule has 0 saturated carbocycles. The van der Waals surface area contributed by atoms with Gasteiger partial charge in [0.05, 0.1) is 0 Å². The van der Waals surface area contributed by atoms with Crippen LogP contribution in [-0.4, -0.2) is 4.98 Å². The number of nitrogens with zero attached hydrogens (tertiary/aromatic N) is 1. The van der Waals surface area contributed by atoms with E-state index in [1.165, 1.54) is 16.7 Å². The van der Waals surface area contributed by atoms with Crippen molar-refractivity contribution in [3.05, 3.63) is 89.5 Å². The van der Waals surface area contributed by atoms with Gasteiger partial charge in [0.2, 0.25) is 5.89 Å². The van der Waals surface area contributed by atoms with Gasteiger partial charge in [0, 0.05) is 17.5 Å². The second kappa shape index (κ2) is 5.73. The number of aryl methyl sites for hydroxylation is 1. The molecule has 2 heteroatoms. The summed E-state index contributed by atoms with van der Waals surface area (Å²) < 4.78 is 6.13. The van der Waals surface area contributed by atoms with Crippen molar-refractivity contribution in [2.45, 2.75) is 13.3 Å². The Morgan fingerprint density at radius 2 is 1.61 bits per heavy atom. The van der Waals surface area contributed by atoms with Crippen molar-refractivity contribution in [2.24, 2.45) is 0 Å². The average molecular weight is 299 g/mol. The van der Waals surface area contributed by atoms with E-state index >= 15 is 0 Å². The highest BCUT2D eigenvalue weighted by Gasteiger charge is 2.13. The zero-order chi connectivity index (χ0) is 15.6. The van der Waals surface area contributed by atoms with Gasteiger partial charge in [-0.05, 0) is 30.2 Å². The number of hydrogen-bond acceptors (Lipinski definition) is 2. The van der Waals surface area contributed by atoms with Crippen LogP contribution in [0.3, 0.4) is 0 Å². The van der Waals surface area contributed by atoms with Gasteiger partial charge >= 0.3 is 0 Å². The molecule has 0 aliphatic heterocycles. The van der Waals surface area contributed by atoms with E-state index in [9.17, 15) is 0 Å². The molecule has 0 aliphatic rings. The Labute approximate surface area is 135 Å². The maximum Gasteiger partial charge on any atom is 0.227 e. The Bertz CT molecular complexity index is 954. The fraction of sp³-hybridized carbons (Fsp3) is 0.0952. The molecule has 23 heavy (non-hydrogen) atoms. The van der Waals surface area contributed by atoms with Crippen molar-refractivity contribution in [3.63, 3.8) is 0 Å². The van der Waals surface area contributed by atoms with E-state index in [4.69, 9.17) is 4.42 Å². The number of benzene rings is 3. The van der Waals surface area contributed by atoms with Crippen LogP contribution < -0.4 is 0 Å². The molecule has 0 spiro atoms. The Morgan fingerprint density at radius 3 is 2.43 bits per heavy atom. The molecule has 3 aromatic carbocycles. The summed E-state index contributed by atoms with van der Waals surface area (Å²) in [4.78, 5) is 4.68. The van der Waals surface area contributed by atoms with Gasteiger partial charge in [0.15, 0.2) is 5.58 Å². The normalized spacial score (nSPS) is 11.0. The topological polar surface area (TPSA) is 26.0 Å². The second-order valence-electron chi connectivity index (χ2n) is 5.76. The zero-order valence-corrected chi connectivity index (χ0v) is 13.0. The van der Waals surface area contributed by atoms with Gasteiger partial charge < -0.3 is 4.42 Å². The lowest BCUT2D eigenvalue weighted by Crippen LogP contribution is -1.87. The minimum absolute atomic E-state index is 0.693. The minimum Gasteiger partial charge on any atom is -0.436 e. The van der Waals surface area contributed by atoms with Crippen LogP contribution in [0.1, 0.15) is 16.7 Å². The van der Waals surface area contributed by atoms with E-state index in [-0.39, 0.29) is 0 Å². The van der Waals surface area contributed by atoms with Crippen molar-refractivity contribution in [1.82, 2.24) is 4.98 Å². The molecule has 4 rings (SSSR count). The van der Waals surface area contributed by atoms with Crippen LogP contribution in [0.2, 0.25) is 0 Å². The molecule has 0 radical (unpaired) electrons. The van der Waals surface area contributed by atoms with Gasteiger partial charge in [-0.1, -0.05) is 60.7 Å². The van der Waals surface area contributed by atoms with Crippen LogP contribution in [0.5, 0.6) is 0 Å². The maximum atomic E-state index is 6.13. The Hall–Kier alpha value is -2.87. The summed E-state index contributed by atoms with van der Waals surface area (Å²) in [6, 6.07) is 24.8. The molecule has 0 saturated heterocycles. The van der Waals surface area contributed by atoms with Crippen LogP contribution in [0.15, 0.2) is 77.2 Å². The lowest BCUT2D eigenvalue weighted by molar-refractivity contribution is 0.615. The number of aromatic nitrogens is 1. The van der Waals surface area contributed by atoms with Gasteiger partial charge in [-0.25, -0.2) is 4.98 Å². The second-order valence-corrected chi connectivity index (χ2v) is 5.76. The first-order chi connectivity index (χ1) is 11.3. The van der Waals surface area contributed by atoms with Gasteiger partial charge in [0.25, 0.3) is 0 Å². The first-order valence-electron chi connectivity index (χ1n) is 7.79. The number of fused-ring (bicyclic) bond motifs is 1. The van der Waals surface area contributed by atoms with Gasteiger partial charge in [-0.3, -0.25) is 0 Å². The van der Waals surface area contributed by atoms with Crippen LogP contribution in [0.25, 0.3) is 22.6 Å². The van der Waals surface area contributed by atoms with E-state index < -0.39 is 0 Å². The third-order valence-electron chi connectivity index (χ3n) is 4.11. The molecule has 2 nitrogen and oxygen atoms in total. The van der Waals surface area contributed by atoms with Crippen molar-refractivity contribution in [1.29, 1.82) is 0 Å². The summed E-state index contributed by atoms with van der Waals surface area (Å²) in [5, 5.41) is 0.